The van der Waals surface area contributed by atoms with E-state index in [0.717, 1.165) is 22.6 Å². The number of thioether (sulfide) groups is 1. The second kappa shape index (κ2) is 7.44. The van der Waals surface area contributed by atoms with Crippen LogP contribution in [-0.2, 0) is 5.75 Å². The van der Waals surface area contributed by atoms with Gasteiger partial charge in [0.25, 0.3) is 5.91 Å². The van der Waals surface area contributed by atoms with E-state index in [1.54, 1.807) is 11.8 Å². The monoisotopic (exact) mass is 340 g/mol. The summed E-state index contributed by atoms with van der Waals surface area (Å²) in [5.41, 5.74) is 3.73. The quantitative estimate of drug-likeness (QED) is 0.716. The van der Waals surface area contributed by atoms with Gasteiger partial charge in [-0.25, -0.2) is 4.98 Å². The van der Waals surface area contributed by atoms with Crippen molar-refractivity contribution < 1.29 is 4.79 Å². The predicted molar refractivity (Wildman–Crippen MR) is 99.2 cm³/mol. The lowest BCUT2D eigenvalue weighted by molar-refractivity contribution is 0.102. The van der Waals surface area contributed by atoms with Crippen LogP contribution in [0.2, 0.25) is 0 Å². The molecule has 0 radical (unpaired) electrons. The van der Waals surface area contributed by atoms with Gasteiger partial charge in [0, 0.05) is 22.3 Å². The number of nitrogens with zero attached hydrogens (tertiary/aromatic N) is 1. The smallest absolute Gasteiger partial charge is 0.257 e. The summed E-state index contributed by atoms with van der Waals surface area (Å²) < 4.78 is 0. The molecule has 0 aliphatic heterocycles. The second-order valence-corrected chi connectivity index (χ2v) is 6.72. The number of aromatic nitrogens is 1. The summed E-state index contributed by atoms with van der Waals surface area (Å²) in [4.78, 5) is 16.9. The highest BCUT2D eigenvalue weighted by molar-refractivity contribution is 7.97. The molecule has 3 nitrogen and oxygen atoms in total. The topological polar surface area (TPSA) is 42.0 Å². The Morgan fingerprint density at radius 1 is 1.17 bits per heavy atom. The number of nitrogens with one attached hydrogen (secondary N) is 1. The Balaban J connectivity index is 1.73. The Bertz CT molecular complexity index is 800. The van der Waals surface area contributed by atoms with Crippen LogP contribution in [0.5, 0.6) is 0 Å². The third kappa shape index (κ3) is 4.00. The molecule has 0 aliphatic rings. The van der Waals surface area contributed by atoms with Crippen LogP contribution in [-0.4, -0.2) is 17.1 Å². The molecular formula is C18H16N2OS2. The molecule has 1 N–H and O–H groups in total. The summed E-state index contributed by atoms with van der Waals surface area (Å²) in [6, 6.07) is 17.6. The molecule has 3 aromatic rings. The molecular weight excluding hydrogens is 324 g/mol. The highest BCUT2D eigenvalue weighted by Crippen LogP contribution is 2.25. The largest absolute Gasteiger partial charge is 0.298 e. The van der Waals surface area contributed by atoms with Gasteiger partial charge >= 0.3 is 0 Å². The summed E-state index contributed by atoms with van der Waals surface area (Å²) in [5.74, 6) is 0.776. The fraction of sp³-hybridized carbons (Fsp3) is 0.111. The van der Waals surface area contributed by atoms with Gasteiger partial charge in [0.05, 0.1) is 5.69 Å². The van der Waals surface area contributed by atoms with Crippen molar-refractivity contribution in [3.05, 3.63) is 71.1 Å². The molecule has 3 rings (SSSR count). The lowest BCUT2D eigenvalue weighted by Crippen LogP contribution is -2.11. The first-order chi connectivity index (χ1) is 11.3. The highest BCUT2D eigenvalue weighted by atomic mass is 32.2. The average molecular weight is 340 g/mol. The number of rotatable bonds is 5. The standard InChI is InChI=1S/C18H16N2OS2/c1-22-11-13-6-5-9-15(10-13)17(21)20-18-19-16(12-23-18)14-7-3-2-4-8-14/h2-10,12H,11H2,1H3,(H,19,20,21). The van der Waals surface area contributed by atoms with Gasteiger partial charge in [-0.15, -0.1) is 11.3 Å². The van der Waals surface area contributed by atoms with Crippen LogP contribution in [0, 0.1) is 0 Å². The van der Waals surface area contributed by atoms with Gasteiger partial charge in [-0.3, -0.25) is 10.1 Å². The first-order valence-electron chi connectivity index (χ1n) is 7.16. The van der Waals surface area contributed by atoms with Gasteiger partial charge in [-0.05, 0) is 24.0 Å². The minimum atomic E-state index is -0.123. The number of anilines is 1. The Morgan fingerprint density at radius 2 is 2.00 bits per heavy atom. The van der Waals surface area contributed by atoms with E-state index in [0.29, 0.717) is 10.7 Å². The lowest BCUT2D eigenvalue weighted by Gasteiger charge is -2.04. The Hall–Kier alpha value is -2.11. The first kappa shape index (κ1) is 15.8. The Morgan fingerprint density at radius 3 is 2.78 bits per heavy atom. The van der Waals surface area contributed by atoms with E-state index in [9.17, 15) is 4.79 Å². The summed E-state index contributed by atoms with van der Waals surface area (Å²) >= 11 is 3.17. The maximum Gasteiger partial charge on any atom is 0.257 e. The minimum absolute atomic E-state index is 0.123. The maximum absolute atomic E-state index is 12.4. The van der Waals surface area contributed by atoms with E-state index in [2.05, 4.69) is 10.3 Å². The van der Waals surface area contributed by atoms with Crippen molar-refractivity contribution in [2.24, 2.45) is 0 Å². The van der Waals surface area contributed by atoms with Crippen molar-refractivity contribution in [1.29, 1.82) is 0 Å². The van der Waals surface area contributed by atoms with Gasteiger partial charge in [-0.1, -0.05) is 42.5 Å². The molecule has 0 atom stereocenters. The molecule has 0 spiro atoms. The maximum atomic E-state index is 12.4. The van der Waals surface area contributed by atoms with E-state index >= 15 is 0 Å². The molecule has 5 heteroatoms. The summed E-state index contributed by atoms with van der Waals surface area (Å²) in [7, 11) is 0. The van der Waals surface area contributed by atoms with E-state index in [-0.39, 0.29) is 5.91 Å². The van der Waals surface area contributed by atoms with Crippen molar-refractivity contribution >= 4 is 34.1 Å². The average Bonchev–Trinajstić information content (AvgIpc) is 3.05. The third-order valence-electron chi connectivity index (χ3n) is 3.29. The number of hydrogen-bond acceptors (Lipinski definition) is 4. The number of thiazole rings is 1. The zero-order valence-electron chi connectivity index (χ0n) is 12.7. The molecule has 0 fully saturated rings. The third-order valence-corrected chi connectivity index (χ3v) is 4.67. The Labute approximate surface area is 143 Å². The van der Waals surface area contributed by atoms with E-state index in [1.807, 2.05) is 66.2 Å². The summed E-state index contributed by atoms with van der Waals surface area (Å²) in [6.07, 6.45) is 2.05. The number of hydrogen-bond donors (Lipinski definition) is 1. The summed E-state index contributed by atoms with van der Waals surface area (Å²) in [5, 5.41) is 5.45. The van der Waals surface area contributed by atoms with Gasteiger partial charge in [0.1, 0.15) is 0 Å². The number of benzene rings is 2. The zero-order valence-corrected chi connectivity index (χ0v) is 14.3. The van der Waals surface area contributed by atoms with E-state index in [1.165, 1.54) is 11.3 Å². The number of carbonyl (C=O) groups is 1. The molecule has 1 heterocycles. The second-order valence-electron chi connectivity index (χ2n) is 4.99. The van der Waals surface area contributed by atoms with E-state index < -0.39 is 0 Å². The van der Waals surface area contributed by atoms with Crippen LogP contribution in [0.4, 0.5) is 5.13 Å². The Kier molecular flexibility index (Phi) is 5.10. The molecule has 2 aromatic carbocycles. The molecule has 23 heavy (non-hydrogen) atoms. The molecule has 116 valence electrons. The van der Waals surface area contributed by atoms with Crippen LogP contribution in [0.3, 0.4) is 0 Å². The van der Waals surface area contributed by atoms with Crippen LogP contribution >= 0.6 is 23.1 Å². The molecule has 0 unspecified atom stereocenters. The van der Waals surface area contributed by atoms with Crippen molar-refractivity contribution in [3.8, 4) is 11.3 Å². The zero-order chi connectivity index (χ0) is 16.1. The van der Waals surface area contributed by atoms with Crippen LogP contribution in [0.25, 0.3) is 11.3 Å². The predicted octanol–water partition coefficient (Wildman–Crippen LogP) is 4.93. The number of carbonyl (C=O) groups excluding carboxylic acids is 1. The van der Waals surface area contributed by atoms with Crippen LogP contribution in [0.15, 0.2) is 60.0 Å². The summed E-state index contributed by atoms with van der Waals surface area (Å²) in [6.45, 7) is 0. The molecule has 0 bridgehead atoms. The van der Waals surface area contributed by atoms with Crippen LogP contribution < -0.4 is 5.32 Å². The van der Waals surface area contributed by atoms with Gasteiger partial charge in [0.2, 0.25) is 0 Å². The highest BCUT2D eigenvalue weighted by Gasteiger charge is 2.10. The van der Waals surface area contributed by atoms with Crippen molar-refractivity contribution in [2.45, 2.75) is 5.75 Å². The van der Waals surface area contributed by atoms with E-state index in [4.69, 9.17) is 0 Å². The fourth-order valence-electron chi connectivity index (χ4n) is 2.21. The SMILES string of the molecule is CSCc1cccc(C(=O)Nc2nc(-c3ccccc3)cs2)c1. The first-order valence-corrected chi connectivity index (χ1v) is 9.44. The molecule has 1 aromatic heterocycles. The molecule has 0 aliphatic carbocycles. The minimum Gasteiger partial charge on any atom is -0.298 e. The van der Waals surface area contributed by atoms with Crippen molar-refractivity contribution in [1.82, 2.24) is 4.98 Å². The van der Waals surface area contributed by atoms with Crippen molar-refractivity contribution in [2.75, 3.05) is 11.6 Å². The lowest BCUT2D eigenvalue weighted by atomic mass is 10.1. The van der Waals surface area contributed by atoms with Gasteiger partial charge < -0.3 is 0 Å². The van der Waals surface area contributed by atoms with Gasteiger partial charge in [0.15, 0.2) is 5.13 Å². The molecule has 1 amide bonds. The van der Waals surface area contributed by atoms with Crippen molar-refractivity contribution in [3.63, 3.8) is 0 Å². The molecule has 0 saturated heterocycles. The fourth-order valence-corrected chi connectivity index (χ4v) is 3.44. The van der Waals surface area contributed by atoms with Gasteiger partial charge in [-0.2, -0.15) is 11.8 Å². The molecule has 0 saturated carbocycles. The van der Waals surface area contributed by atoms with Crippen LogP contribution in [0.1, 0.15) is 15.9 Å². The number of amides is 1. The normalized spacial score (nSPS) is 10.5.